The number of carbonyl (C=O) groups excluding carboxylic acids is 1. The number of amides is 1. The Morgan fingerprint density at radius 1 is 1.42 bits per heavy atom. The van der Waals surface area contributed by atoms with Crippen molar-refractivity contribution in [1.82, 2.24) is 10.5 Å². The first kappa shape index (κ1) is 16.6. The largest absolute Gasteiger partial charge is 0.479 e. The van der Waals surface area contributed by atoms with Gasteiger partial charge in [0.2, 0.25) is 5.91 Å². The van der Waals surface area contributed by atoms with Crippen LogP contribution >= 0.6 is 11.6 Å². The van der Waals surface area contributed by atoms with Crippen molar-refractivity contribution in [2.45, 2.75) is 26.0 Å². The molecule has 1 aromatic heterocycles. The van der Waals surface area contributed by atoms with E-state index in [1.54, 1.807) is 18.2 Å². The van der Waals surface area contributed by atoms with Crippen molar-refractivity contribution in [1.29, 1.82) is 0 Å². The summed E-state index contributed by atoms with van der Waals surface area (Å²) in [4.78, 5) is 12.0. The standard InChI is InChI=1S/C16H17ClN2O5/c1-21-15-6-13(24-19-15)2-3-14(20)18-7-10-4-12(17)5-11-8-22-9-23-16(10)11/h4-6H,2-3,7-9H2,1H3,(H,18,20). The van der Waals surface area contributed by atoms with Crippen LogP contribution in [0.15, 0.2) is 22.7 Å². The van der Waals surface area contributed by atoms with E-state index in [4.69, 9.17) is 30.3 Å². The zero-order chi connectivity index (χ0) is 16.9. The molecule has 2 aromatic rings. The number of halogens is 1. The van der Waals surface area contributed by atoms with Gasteiger partial charge >= 0.3 is 0 Å². The van der Waals surface area contributed by atoms with Crippen LogP contribution < -0.4 is 14.8 Å². The minimum absolute atomic E-state index is 0.105. The highest BCUT2D eigenvalue weighted by Crippen LogP contribution is 2.31. The van der Waals surface area contributed by atoms with Crippen LogP contribution in [0.25, 0.3) is 0 Å². The lowest BCUT2D eigenvalue weighted by Crippen LogP contribution is -2.24. The van der Waals surface area contributed by atoms with E-state index in [1.165, 1.54) is 7.11 Å². The minimum Gasteiger partial charge on any atom is -0.479 e. The van der Waals surface area contributed by atoms with Crippen LogP contribution in [-0.2, 0) is 29.1 Å². The summed E-state index contributed by atoms with van der Waals surface area (Å²) in [5, 5.41) is 7.13. The summed E-state index contributed by atoms with van der Waals surface area (Å²) in [6.45, 7) is 0.981. The van der Waals surface area contributed by atoms with E-state index in [9.17, 15) is 4.79 Å². The first-order valence-corrected chi connectivity index (χ1v) is 7.81. The first-order valence-electron chi connectivity index (χ1n) is 7.44. The number of benzene rings is 1. The summed E-state index contributed by atoms with van der Waals surface area (Å²) in [5.74, 6) is 1.62. The fourth-order valence-electron chi connectivity index (χ4n) is 2.41. The number of aryl methyl sites for hydroxylation is 1. The van der Waals surface area contributed by atoms with Gasteiger partial charge in [0, 0.05) is 41.6 Å². The van der Waals surface area contributed by atoms with Crippen molar-refractivity contribution in [3.05, 3.63) is 40.1 Å². The number of fused-ring (bicyclic) bond motifs is 1. The van der Waals surface area contributed by atoms with Crippen LogP contribution in [0.4, 0.5) is 0 Å². The second-order valence-electron chi connectivity index (χ2n) is 5.28. The third-order valence-electron chi connectivity index (χ3n) is 3.57. The number of rotatable bonds is 6. The van der Waals surface area contributed by atoms with Gasteiger partial charge in [0.15, 0.2) is 6.79 Å². The maximum absolute atomic E-state index is 12.0. The molecule has 8 heteroatoms. The predicted octanol–water partition coefficient (Wildman–Crippen LogP) is 2.45. The molecule has 2 heterocycles. The number of carbonyl (C=O) groups is 1. The summed E-state index contributed by atoms with van der Waals surface area (Å²) in [6, 6.07) is 5.25. The highest BCUT2D eigenvalue weighted by Gasteiger charge is 2.17. The second-order valence-corrected chi connectivity index (χ2v) is 5.71. The summed E-state index contributed by atoms with van der Waals surface area (Å²) < 4.78 is 20.7. The molecule has 7 nitrogen and oxygen atoms in total. The van der Waals surface area contributed by atoms with Crippen LogP contribution in [0.3, 0.4) is 0 Å². The van der Waals surface area contributed by atoms with Crippen molar-refractivity contribution in [3.8, 4) is 11.6 Å². The van der Waals surface area contributed by atoms with Gasteiger partial charge in [-0.2, -0.15) is 0 Å². The zero-order valence-corrected chi connectivity index (χ0v) is 13.9. The SMILES string of the molecule is COc1cc(CCC(=O)NCc2cc(Cl)cc3c2OCOC3)on1. The van der Waals surface area contributed by atoms with Crippen molar-refractivity contribution in [3.63, 3.8) is 0 Å². The second kappa shape index (κ2) is 7.55. The number of hydrogen-bond donors (Lipinski definition) is 1. The Morgan fingerprint density at radius 2 is 2.29 bits per heavy atom. The number of aromatic nitrogens is 1. The molecule has 24 heavy (non-hydrogen) atoms. The first-order chi connectivity index (χ1) is 11.7. The molecule has 0 fully saturated rings. The molecular weight excluding hydrogens is 336 g/mol. The Bertz CT molecular complexity index is 731. The quantitative estimate of drug-likeness (QED) is 0.859. The lowest BCUT2D eigenvalue weighted by Gasteiger charge is -2.21. The highest BCUT2D eigenvalue weighted by molar-refractivity contribution is 6.30. The molecule has 1 aromatic carbocycles. The maximum Gasteiger partial charge on any atom is 0.254 e. The average molecular weight is 353 g/mol. The van der Waals surface area contributed by atoms with Crippen molar-refractivity contribution >= 4 is 17.5 Å². The average Bonchev–Trinajstić information content (AvgIpc) is 3.05. The van der Waals surface area contributed by atoms with Gasteiger partial charge < -0.3 is 24.1 Å². The Labute approximate surface area is 143 Å². The van der Waals surface area contributed by atoms with Gasteiger partial charge in [0.05, 0.1) is 13.7 Å². The smallest absolute Gasteiger partial charge is 0.254 e. The van der Waals surface area contributed by atoms with Gasteiger partial charge in [0.25, 0.3) is 5.88 Å². The Kier molecular flexibility index (Phi) is 5.22. The van der Waals surface area contributed by atoms with E-state index in [-0.39, 0.29) is 19.1 Å². The fourth-order valence-corrected chi connectivity index (χ4v) is 2.68. The van der Waals surface area contributed by atoms with Crippen LogP contribution in [0.1, 0.15) is 23.3 Å². The van der Waals surface area contributed by atoms with Crippen molar-refractivity contribution < 1.29 is 23.5 Å². The highest BCUT2D eigenvalue weighted by atomic mass is 35.5. The number of ether oxygens (including phenoxy) is 3. The molecule has 1 amide bonds. The Balaban J connectivity index is 1.55. The van der Waals surface area contributed by atoms with E-state index in [2.05, 4.69) is 10.5 Å². The molecule has 1 aliphatic rings. The lowest BCUT2D eigenvalue weighted by molar-refractivity contribution is -0.121. The van der Waals surface area contributed by atoms with E-state index in [1.807, 2.05) is 0 Å². The molecule has 0 saturated heterocycles. The fraction of sp³-hybridized carbons (Fsp3) is 0.375. The summed E-state index contributed by atoms with van der Waals surface area (Å²) in [5.41, 5.74) is 1.71. The van der Waals surface area contributed by atoms with Crippen molar-refractivity contribution in [2.75, 3.05) is 13.9 Å². The van der Waals surface area contributed by atoms with Crippen LogP contribution in [0, 0.1) is 0 Å². The van der Waals surface area contributed by atoms with E-state index in [0.717, 1.165) is 16.9 Å². The van der Waals surface area contributed by atoms with Crippen LogP contribution in [0.5, 0.6) is 11.6 Å². The van der Waals surface area contributed by atoms with Crippen LogP contribution in [-0.4, -0.2) is 25.0 Å². The Morgan fingerprint density at radius 3 is 3.08 bits per heavy atom. The number of nitrogens with zero attached hydrogens (tertiary/aromatic N) is 1. The zero-order valence-electron chi connectivity index (χ0n) is 13.1. The predicted molar refractivity (Wildman–Crippen MR) is 85.0 cm³/mol. The maximum atomic E-state index is 12.0. The number of nitrogens with one attached hydrogen (secondary N) is 1. The third-order valence-corrected chi connectivity index (χ3v) is 3.79. The molecule has 128 valence electrons. The van der Waals surface area contributed by atoms with E-state index < -0.39 is 0 Å². The topological polar surface area (TPSA) is 82.8 Å². The molecule has 1 aliphatic heterocycles. The molecular formula is C16H17ClN2O5. The summed E-state index contributed by atoms with van der Waals surface area (Å²) in [7, 11) is 1.51. The van der Waals surface area contributed by atoms with Gasteiger partial charge in [0.1, 0.15) is 11.5 Å². The van der Waals surface area contributed by atoms with Gasteiger partial charge in [-0.05, 0) is 17.3 Å². The molecule has 0 radical (unpaired) electrons. The Hall–Kier alpha value is -2.25. The molecule has 0 aliphatic carbocycles. The molecule has 0 bridgehead atoms. The van der Waals surface area contributed by atoms with E-state index in [0.29, 0.717) is 36.2 Å². The van der Waals surface area contributed by atoms with Gasteiger partial charge in [-0.3, -0.25) is 4.79 Å². The van der Waals surface area contributed by atoms with Gasteiger partial charge in [-0.15, -0.1) is 0 Å². The minimum atomic E-state index is -0.105. The van der Waals surface area contributed by atoms with Crippen molar-refractivity contribution in [2.24, 2.45) is 0 Å². The molecule has 3 rings (SSSR count). The monoisotopic (exact) mass is 352 g/mol. The molecule has 0 atom stereocenters. The molecule has 0 saturated carbocycles. The molecule has 0 unspecified atom stereocenters. The van der Waals surface area contributed by atoms with Gasteiger partial charge in [-0.25, -0.2) is 0 Å². The van der Waals surface area contributed by atoms with Gasteiger partial charge in [-0.1, -0.05) is 11.6 Å². The molecule has 1 N–H and O–H groups in total. The lowest BCUT2D eigenvalue weighted by atomic mass is 10.1. The van der Waals surface area contributed by atoms with Crippen LogP contribution in [0.2, 0.25) is 5.02 Å². The summed E-state index contributed by atoms with van der Waals surface area (Å²) in [6.07, 6.45) is 0.727. The third kappa shape index (κ3) is 3.98. The normalized spacial score (nSPS) is 13.1. The van der Waals surface area contributed by atoms with E-state index >= 15 is 0 Å². The number of methoxy groups -OCH3 is 1. The molecule has 0 spiro atoms. The number of hydrogen-bond acceptors (Lipinski definition) is 6. The summed E-state index contributed by atoms with van der Waals surface area (Å²) >= 11 is 6.10.